The quantitative estimate of drug-likeness (QED) is 0.415. The highest BCUT2D eigenvalue weighted by Gasteiger charge is 2.69. The fourth-order valence-electron chi connectivity index (χ4n) is 6.08. The van der Waals surface area contributed by atoms with Gasteiger partial charge in [-0.25, -0.2) is 0 Å². The zero-order valence-electron chi connectivity index (χ0n) is 20.3. The first kappa shape index (κ1) is 23.2. The van der Waals surface area contributed by atoms with Crippen LogP contribution < -0.4 is 0 Å². The fourth-order valence-corrected chi connectivity index (χ4v) is 6.08. The molecule has 4 atom stereocenters. The number of ether oxygens (including phenoxy) is 2. The summed E-state index contributed by atoms with van der Waals surface area (Å²) >= 11 is 0. The van der Waals surface area contributed by atoms with Crippen LogP contribution in [0.2, 0.25) is 0 Å². The van der Waals surface area contributed by atoms with Crippen molar-refractivity contribution < 1.29 is 24.8 Å². The predicted molar refractivity (Wildman–Crippen MR) is 124 cm³/mol. The van der Waals surface area contributed by atoms with Gasteiger partial charge < -0.3 is 24.8 Å². The van der Waals surface area contributed by atoms with E-state index in [9.17, 15) is 15.3 Å². The van der Waals surface area contributed by atoms with Crippen LogP contribution in [0.3, 0.4) is 0 Å². The summed E-state index contributed by atoms with van der Waals surface area (Å²) in [7, 11) is 0. The second-order valence-electron chi connectivity index (χ2n) is 11.2. The van der Waals surface area contributed by atoms with E-state index >= 15 is 0 Å². The number of hydrogen-bond acceptors (Lipinski definition) is 5. The Hall–Kier alpha value is -1.98. The van der Waals surface area contributed by atoms with Crippen molar-refractivity contribution in [1.29, 1.82) is 0 Å². The van der Waals surface area contributed by atoms with Gasteiger partial charge in [0, 0.05) is 29.2 Å². The molecular formula is C27H38O5. The van der Waals surface area contributed by atoms with Crippen molar-refractivity contribution in [3.8, 4) is 11.5 Å². The van der Waals surface area contributed by atoms with Gasteiger partial charge in [-0.3, -0.25) is 0 Å². The van der Waals surface area contributed by atoms with E-state index in [0.717, 1.165) is 30.6 Å². The van der Waals surface area contributed by atoms with Crippen molar-refractivity contribution in [2.24, 2.45) is 10.8 Å². The summed E-state index contributed by atoms with van der Waals surface area (Å²) < 4.78 is 13.2. The monoisotopic (exact) mass is 442 g/mol. The van der Waals surface area contributed by atoms with Crippen LogP contribution in [0.1, 0.15) is 77.8 Å². The number of allylic oxidation sites excluding steroid dienone is 3. The Morgan fingerprint density at radius 1 is 1.16 bits per heavy atom. The molecule has 3 aliphatic rings. The lowest BCUT2D eigenvalue weighted by atomic mass is 9.60. The highest BCUT2D eigenvalue weighted by Crippen LogP contribution is 2.67. The molecule has 0 amide bonds. The molecule has 1 aliphatic carbocycles. The van der Waals surface area contributed by atoms with Crippen LogP contribution in [0.25, 0.3) is 0 Å². The Labute approximate surface area is 191 Å². The molecule has 4 unspecified atom stereocenters. The zero-order valence-corrected chi connectivity index (χ0v) is 20.3. The van der Waals surface area contributed by atoms with Gasteiger partial charge in [-0.15, -0.1) is 0 Å². The van der Waals surface area contributed by atoms with Gasteiger partial charge in [-0.1, -0.05) is 31.9 Å². The third-order valence-electron chi connectivity index (χ3n) is 8.43. The Bertz CT molecular complexity index is 977. The van der Waals surface area contributed by atoms with E-state index in [4.69, 9.17) is 9.47 Å². The lowest BCUT2D eigenvalue weighted by Gasteiger charge is -2.54. The zero-order chi connectivity index (χ0) is 23.5. The van der Waals surface area contributed by atoms with Crippen molar-refractivity contribution in [1.82, 2.24) is 0 Å². The Balaban J connectivity index is 1.60. The lowest BCUT2D eigenvalue weighted by Crippen LogP contribution is -2.57. The standard InChI is InChI=1S/C27H38O5/c1-17(8-9-19-14-20(28)13-18(2)23(19)30)12-21-15-25(5)10-7-11-26(25,6)27(31-21)16-22(29)24(3,4)32-27/h8,13-15,22,28-30H,7,9-12,16H2,1-6H3. The maximum atomic E-state index is 10.8. The molecule has 2 aliphatic heterocycles. The topological polar surface area (TPSA) is 79.2 Å². The van der Waals surface area contributed by atoms with E-state index in [-0.39, 0.29) is 22.3 Å². The molecule has 4 rings (SSSR count). The third kappa shape index (κ3) is 3.54. The first-order chi connectivity index (χ1) is 14.8. The molecule has 176 valence electrons. The van der Waals surface area contributed by atoms with Crippen molar-refractivity contribution in [2.45, 2.75) is 97.6 Å². The third-order valence-corrected chi connectivity index (χ3v) is 8.43. The molecule has 1 saturated heterocycles. The van der Waals surface area contributed by atoms with E-state index < -0.39 is 17.5 Å². The SMILES string of the molecule is CC(=CCc1cc(O)cc(C)c1O)CC1=CC2(C)CCCC2(C)C2(CC(O)C(C)(C)O2)O1. The van der Waals surface area contributed by atoms with Gasteiger partial charge in [-0.05, 0) is 70.7 Å². The van der Waals surface area contributed by atoms with Gasteiger partial charge in [0.2, 0.25) is 5.79 Å². The molecule has 1 spiro atoms. The van der Waals surface area contributed by atoms with Gasteiger partial charge in [0.05, 0.1) is 11.7 Å². The molecule has 2 heterocycles. The van der Waals surface area contributed by atoms with Gasteiger partial charge in [0.25, 0.3) is 0 Å². The van der Waals surface area contributed by atoms with E-state index in [0.29, 0.717) is 30.4 Å². The summed E-state index contributed by atoms with van der Waals surface area (Å²) in [5.74, 6) is 0.451. The first-order valence-corrected chi connectivity index (χ1v) is 11.8. The molecule has 3 N–H and O–H groups in total. The number of aliphatic hydroxyl groups is 1. The number of aryl methyl sites for hydroxylation is 1. The minimum atomic E-state index is -0.827. The molecule has 0 radical (unpaired) electrons. The smallest absolute Gasteiger partial charge is 0.219 e. The summed E-state index contributed by atoms with van der Waals surface area (Å²) in [4.78, 5) is 0. The van der Waals surface area contributed by atoms with Crippen LogP contribution in [0.5, 0.6) is 11.5 Å². The molecule has 1 saturated carbocycles. The minimum absolute atomic E-state index is 0.0540. The molecule has 5 heteroatoms. The number of rotatable bonds is 4. The fraction of sp³-hybridized carbons (Fsp3) is 0.630. The summed E-state index contributed by atoms with van der Waals surface area (Å²) in [5, 5.41) is 31.0. The average molecular weight is 443 g/mol. The first-order valence-electron chi connectivity index (χ1n) is 11.8. The van der Waals surface area contributed by atoms with Gasteiger partial charge in [0.15, 0.2) is 0 Å². The number of aromatic hydroxyl groups is 2. The predicted octanol–water partition coefficient (Wildman–Crippen LogP) is 5.65. The van der Waals surface area contributed by atoms with Crippen LogP contribution in [-0.4, -0.2) is 32.8 Å². The molecule has 2 fully saturated rings. The summed E-state index contributed by atoms with van der Waals surface area (Å²) in [6.07, 6.45) is 8.66. The molecule has 32 heavy (non-hydrogen) atoms. The van der Waals surface area contributed by atoms with Crippen LogP contribution in [-0.2, 0) is 15.9 Å². The Morgan fingerprint density at radius 2 is 1.88 bits per heavy atom. The second-order valence-corrected chi connectivity index (χ2v) is 11.2. The number of aliphatic hydroxyl groups excluding tert-OH is 1. The summed E-state index contributed by atoms with van der Waals surface area (Å²) in [6, 6.07) is 3.17. The van der Waals surface area contributed by atoms with Gasteiger partial charge in [-0.2, -0.15) is 0 Å². The largest absolute Gasteiger partial charge is 0.508 e. The highest BCUT2D eigenvalue weighted by molar-refractivity contribution is 5.46. The number of phenols is 2. The Kier molecular flexibility index (Phi) is 5.45. The lowest BCUT2D eigenvalue weighted by molar-refractivity contribution is -0.309. The maximum Gasteiger partial charge on any atom is 0.219 e. The molecular weight excluding hydrogens is 404 g/mol. The molecule has 0 bridgehead atoms. The number of phenolic OH excluding ortho intramolecular Hbond substituents is 2. The normalized spacial score (nSPS) is 36.2. The van der Waals surface area contributed by atoms with E-state index in [1.807, 2.05) is 13.8 Å². The van der Waals surface area contributed by atoms with Crippen molar-refractivity contribution in [2.75, 3.05) is 0 Å². The van der Waals surface area contributed by atoms with Crippen LogP contribution in [0, 0.1) is 17.8 Å². The average Bonchev–Trinajstić information content (AvgIpc) is 3.10. The van der Waals surface area contributed by atoms with E-state index in [2.05, 4.69) is 32.9 Å². The van der Waals surface area contributed by atoms with E-state index in [1.165, 1.54) is 0 Å². The Morgan fingerprint density at radius 3 is 2.53 bits per heavy atom. The molecule has 1 aromatic rings. The van der Waals surface area contributed by atoms with Crippen molar-refractivity contribution in [3.63, 3.8) is 0 Å². The number of hydrogen-bond donors (Lipinski definition) is 3. The van der Waals surface area contributed by atoms with Gasteiger partial charge >= 0.3 is 0 Å². The summed E-state index contributed by atoms with van der Waals surface area (Å²) in [6.45, 7) is 12.3. The van der Waals surface area contributed by atoms with Crippen molar-refractivity contribution >= 4 is 0 Å². The van der Waals surface area contributed by atoms with Crippen molar-refractivity contribution in [3.05, 3.63) is 46.7 Å². The number of benzene rings is 1. The second kappa shape index (κ2) is 7.53. The molecule has 1 aromatic carbocycles. The maximum absolute atomic E-state index is 10.8. The van der Waals surface area contributed by atoms with Crippen LogP contribution in [0.15, 0.2) is 35.6 Å². The number of fused-ring (bicyclic) bond motifs is 2. The minimum Gasteiger partial charge on any atom is -0.508 e. The van der Waals surface area contributed by atoms with Gasteiger partial charge in [0.1, 0.15) is 17.3 Å². The molecule has 5 nitrogen and oxygen atoms in total. The van der Waals surface area contributed by atoms with Crippen LogP contribution in [0.4, 0.5) is 0 Å². The van der Waals surface area contributed by atoms with Crippen LogP contribution >= 0.6 is 0 Å². The van der Waals surface area contributed by atoms with E-state index in [1.54, 1.807) is 19.1 Å². The highest BCUT2D eigenvalue weighted by atomic mass is 16.7. The summed E-state index contributed by atoms with van der Waals surface area (Å²) in [5.41, 5.74) is 1.60. The molecule has 0 aromatic heterocycles.